The van der Waals surface area contributed by atoms with Gasteiger partial charge < -0.3 is 14.6 Å². The summed E-state index contributed by atoms with van der Waals surface area (Å²) in [4.78, 5) is 21.0. The van der Waals surface area contributed by atoms with Gasteiger partial charge in [0.25, 0.3) is 5.91 Å². The summed E-state index contributed by atoms with van der Waals surface area (Å²) in [6, 6.07) is 10.1. The number of carbonyl (C=O) groups is 1. The number of carbonyl (C=O) groups excluding carboxylic acids is 1. The lowest BCUT2D eigenvalue weighted by atomic mass is 9.79. The number of hydrogen-bond donors (Lipinski definition) is 1. The number of rotatable bonds is 7. The summed E-state index contributed by atoms with van der Waals surface area (Å²) in [5, 5.41) is 11.8. The second-order valence-electron chi connectivity index (χ2n) is 8.24. The first-order chi connectivity index (χ1) is 16.5. The van der Waals surface area contributed by atoms with Gasteiger partial charge in [-0.1, -0.05) is 12.1 Å². The van der Waals surface area contributed by atoms with Crippen molar-refractivity contribution < 1.29 is 13.9 Å². The van der Waals surface area contributed by atoms with Crippen LogP contribution in [-0.2, 0) is 7.05 Å². The summed E-state index contributed by atoms with van der Waals surface area (Å²) in [6.07, 6.45) is 6.22. The molecule has 174 valence electrons. The van der Waals surface area contributed by atoms with Crippen molar-refractivity contribution in [1.29, 1.82) is 0 Å². The van der Waals surface area contributed by atoms with Crippen LogP contribution in [0.5, 0.6) is 5.75 Å². The van der Waals surface area contributed by atoms with Crippen molar-refractivity contribution in [1.82, 2.24) is 34.6 Å². The minimum absolute atomic E-state index is 0.0117. The molecule has 1 saturated carbocycles. The van der Waals surface area contributed by atoms with Crippen LogP contribution in [0.3, 0.4) is 0 Å². The Bertz CT molecular complexity index is 1310. The van der Waals surface area contributed by atoms with Crippen LogP contribution in [0.1, 0.15) is 42.0 Å². The predicted molar refractivity (Wildman–Crippen MR) is 122 cm³/mol. The van der Waals surface area contributed by atoms with Gasteiger partial charge in [-0.25, -0.2) is 14.4 Å². The molecule has 1 fully saturated rings. The van der Waals surface area contributed by atoms with E-state index in [1.165, 1.54) is 6.07 Å². The van der Waals surface area contributed by atoms with Crippen LogP contribution in [0.25, 0.3) is 17.2 Å². The maximum atomic E-state index is 14.8. The number of aromatic nitrogens is 6. The third-order valence-electron chi connectivity index (χ3n) is 5.83. The SMILES string of the molecule is CCOc1ccc(-c2nnc(C3CC(NC(=O)c4cn(C)cn4)C3)n2-c2ccccc2F)nc1. The topological polar surface area (TPSA) is 99.8 Å². The lowest BCUT2D eigenvalue weighted by molar-refractivity contribution is 0.0902. The first kappa shape index (κ1) is 21.7. The minimum Gasteiger partial charge on any atom is -0.492 e. The second-order valence-corrected chi connectivity index (χ2v) is 8.24. The molecule has 0 bridgehead atoms. The van der Waals surface area contributed by atoms with Gasteiger partial charge in [0.1, 0.15) is 28.8 Å². The molecule has 1 aliphatic rings. The Hall–Kier alpha value is -4.08. The summed E-state index contributed by atoms with van der Waals surface area (Å²) in [6.45, 7) is 2.44. The number of para-hydroxylation sites is 1. The first-order valence-corrected chi connectivity index (χ1v) is 11.1. The van der Waals surface area contributed by atoms with Gasteiger partial charge in [0, 0.05) is 25.2 Å². The fourth-order valence-electron chi connectivity index (χ4n) is 4.10. The molecule has 0 atom stereocenters. The zero-order valence-corrected chi connectivity index (χ0v) is 18.8. The van der Waals surface area contributed by atoms with E-state index in [0.717, 1.165) is 0 Å². The Morgan fingerprint density at radius 3 is 2.68 bits per heavy atom. The second kappa shape index (κ2) is 9.05. The Kier molecular flexibility index (Phi) is 5.79. The minimum atomic E-state index is -0.380. The van der Waals surface area contributed by atoms with Crippen LogP contribution >= 0.6 is 0 Å². The van der Waals surface area contributed by atoms with Gasteiger partial charge in [-0.2, -0.15) is 0 Å². The molecule has 4 aromatic rings. The highest BCUT2D eigenvalue weighted by molar-refractivity contribution is 5.92. The van der Waals surface area contributed by atoms with Crippen LogP contribution in [0.2, 0.25) is 0 Å². The van der Waals surface area contributed by atoms with Gasteiger partial charge in [0.15, 0.2) is 5.82 Å². The van der Waals surface area contributed by atoms with E-state index in [-0.39, 0.29) is 23.7 Å². The smallest absolute Gasteiger partial charge is 0.271 e. The van der Waals surface area contributed by atoms with Gasteiger partial charge in [-0.3, -0.25) is 9.36 Å². The molecule has 3 aromatic heterocycles. The molecule has 10 heteroatoms. The lowest BCUT2D eigenvalue weighted by Gasteiger charge is -2.35. The number of halogens is 1. The van der Waals surface area contributed by atoms with Crippen molar-refractivity contribution >= 4 is 5.91 Å². The van der Waals surface area contributed by atoms with Gasteiger partial charge >= 0.3 is 0 Å². The van der Waals surface area contributed by atoms with E-state index in [9.17, 15) is 9.18 Å². The third-order valence-corrected chi connectivity index (χ3v) is 5.83. The van der Waals surface area contributed by atoms with Gasteiger partial charge in [0.05, 0.1) is 24.8 Å². The molecule has 0 radical (unpaired) electrons. The summed E-state index contributed by atoms with van der Waals surface area (Å²) >= 11 is 0. The van der Waals surface area contributed by atoms with E-state index < -0.39 is 0 Å². The summed E-state index contributed by atoms with van der Waals surface area (Å²) in [7, 11) is 1.81. The van der Waals surface area contributed by atoms with Crippen molar-refractivity contribution in [3.05, 3.63) is 72.5 Å². The van der Waals surface area contributed by atoms with E-state index in [4.69, 9.17) is 4.74 Å². The average molecular weight is 462 g/mol. The molecule has 1 amide bonds. The number of amides is 1. The number of imidazole rings is 1. The highest BCUT2D eigenvalue weighted by Gasteiger charge is 2.36. The largest absolute Gasteiger partial charge is 0.492 e. The molecule has 9 nitrogen and oxygen atoms in total. The molecule has 0 aliphatic heterocycles. The van der Waals surface area contributed by atoms with Crippen molar-refractivity contribution in [2.75, 3.05) is 6.61 Å². The van der Waals surface area contributed by atoms with E-state index in [0.29, 0.717) is 53.9 Å². The van der Waals surface area contributed by atoms with Gasteiger partial charge in [-0.15, -0.1) is 10.2 Å². The lowest BCUT2D eigenvalue weighted by Crippen LogP contribution is -2.44. The molecular formula is C24H24FN7O2. The van der Waals surface area contributed by atoms with Crippen molar-refractivity contribution in [2.45, 2.75) is 31.7 Å². The van der Waals surface area contributed by atoms with Gasteiger partial charge in [-0.05, 0) is 44.0 Å². The van der Waals surface area contributed by atoms with E-state index in [1.807, 2.05) is 14.0 Å². The Balaban J connectivity index is 1.41. The molecule has 0 saturated heterocycles. The summed E-state index contributed by atoms with van der Waals surface area (Å²) in [5.74, 6) is 1.16. The number of ether oxygens (including phenoxy) is 1. The number of pyridine rings is 1. The summed E-state index contributed by atoms with van der Waals surface area (Å²) in [5.41, 5.74) is 1.29. The van der Waals surface area contributed by atoms with Crippen LogP contribution in [0.4, 0.5) is 4.39 Å². The van der Waals surface area contributed by atoms with Crippen LogP contribution < -0.4 is 10.1 Å². The van der Waals surface area contributed by atoms with Crippen LogP contribution in [0, 0.1) is 5.82 Å². The molecule has 34 heavy (non-hydrogen) atoms. The van der Waals surface area contributed by atoms with Crippen molar-refractivity contribution in [3.8, 4) is 23.0 Å². The summed E-state index contributed by atoms with van der Waals surface area (Å²) < 4.78 is 23.8. The monoisotopic (exact) mass is 461 g/mol. The number of nitrogens with zero attached hydrogens (tertiary/aromatic N) is 6. The van der Waals surface area contributed by atoms with Crippen LogP contribution in [0.15, 0.2) is 55.1 Å². The maximum Gasteiger partial charge on any atom is 0.271 e. The Morgan fingerprint density at radius 2 is 2.00 bits per heavy atom. The van der Waals surface area contributed by atoms with E-state index in [1.54, 1.807) is 58.2 Å². The molecule has 1 aliphatic carbocycles. The molecule has 5 rings (SSSR count). The number of aryl methyl sites for hydroxylation is 1. The number of nitrogens with one attached hydrogen (secondary N) is 1. The average Bonchev–Trinajstić information content (AvgIpc) is 3.43. The molecule has 0 unspecified atom stereocenters. The van der Waals surface area contributed by atoms with Crippen LogP contribution in [-0.4, -0.2) is 47.9 Å². The predicted octanol–water partition coefficient (Wildman–Crippen LogP) is 3.28. The zero-order valence-electron chi connectivity index (χ0n) is 18.8. The third kappa shape index (κ3) is 4.14. The first-order valence-electron chi connectivity index (χ1n) is 11.1. The Labute approximate surface area is 195 Å². The highest BCUT2D eigenvalue weighted by Crippen LogP contribution is 2.39. The van der Waals surface area contributed by atoms with E-state index in [2.05, 4.69) is 25.5 Å². The van der Waals surface area contributed by atoms with E-state index >= 15 is 0 Å². The normalized spacial score (nSPS) is 17.3. The zero-order chi connectivity index (χ0) is 23.7. The molecule has 3 heterocycles. The molecular weight excluding hydrogens is 437 g/mol. The Morgan fingerprint density at radius 1 is 1.18 bits per heavy atom. The molecule has 1 aromatic carbocycles. The molecule has 0 spiro atoms. The highest BCUT2D eigenvalue weighted by atomic mass is 19.1. The number of hydrogen-bond acceptors (Lipinski definition) is 6. The van der Waals surface area contributed by atoms with Crippen molar-refractivity contribution in [2.24, 2.45) is 7.05 Å². The molecule has 1 N–H and O–H groups in total. The maximum absolute atomic E-state index is 14.8. The van der Waals surface area contributed by atoms with Crippen molar-refractivity contribution in [3.63, 3.8) is 0 Å². The fourth-order valence-corrected chi connectivity index (χ4v) is 4.10. The van der Waals surface area contributed by atoms with Gasteiger partial charge in [0.2, 0.25) is 0 Å². The standard InChI is InChI=1S/C24H24FN7O2/c1-3-34-17-8-9-19(26-12-17)23-30-29-22(32(23)21-7-5-4-6-18(21)25)15-10-16(11-15)28-24(33)20-13-31(2)14-27-20/h4-9,12-16H,3,10-11H2,1-2H3,(H,28,33). The number of benzene rings is 1. The quantitative estimate of drug-likeness (QED) is 0.453. The fraction of sp³-hybridized carbons (Fsp3) is 0.292.